The van der Waals surface area contributed by atoms with Crippen LogP contribution >= 0.6 is 0 Å². The second-order valence-corrected chi connectivity index (χ2v) is 8.50. The summed E-state index contributed by atoms with van der Waals surface area (Å²) in [5.41, 5.74) is 0.552. The molecule has 2 amide bonds. The van der Waals surface area contributed by atoms with Crippen molar-refractivity contribution in [2.24, 2.45) is 5.92 Å². The van der Waals surface area contributed by atoms with Gasteiger partial charge in [-0.3, -0.25) is 14.6 Å². The van der Waals surface area contributed by atoms with Crippen molar-refractivity contribution in [3.05, 3.63) is 54.9 Å². The molecular formula is C19H22N4O4S. The van der Waals surface area contributed by atoms with Crippen LogP contribution in [-0.4, -0.2) is 49.2 Å². The first kappa shape index (κ1) is 20.0. The predicted octanol–water partition coefficient (Wildman–Crippen LogP) is 1.24. The summed E-state index contributed by atoms with van der Waals surface area (Å²) in [6.07, 6.45) is 4.09. The Bertz CT molecular complexity index is 911. The van der Waals surface area contributed by atoms with Gasteiger partial charge in [0, 0.05) is 37.7 Å². The highest BCUT2D eigenvalue weighted by Gasteiger charge is 2.29. The van der Waals surface area contributed by atoms with E-state index < -0.39 is 21.8 Å². The van der Waals surface area contributed by atoms with E-state index in [9.17, 15) is 18.0 Å². The van der Waals surface area contributed by atoms with Gasteiger partial charge in [-0.25, -0.2) is 8.42 Å². The maximum Gasteiger partial charge on any atom is 0.313 e. The van der Waals surface area contributed by atoms with Gasteiger partial charge in [0.25, 0.3) is 0 Å². The zero-order valence-corrected chi connectivity index (χ0v) is 16.1. The third-order valence-corrected chi connectivity index (χ3v) is 6.52. The number of hydrogen-bond donors (Lipinski definition) is 2. The molecule has 1 fully saturated rings. The first-order valence-corrected chi connectivity index (χ1v) is 10.5. The Kier molecular flexibility index (Phi) is 6.37. The minimum Gasteiger partial charge on any atom is -0.348 e. The van der Waals surface area contributed by atoms with Gasteiger partial charge < -0.3 is 10.6 Å². The van der Waals surface area contributed by atoms with Crippen LogP contribution in [0.25, 0.3) is 0 Å². The highest BCUT2D eigenvalue weighted by molar-refractivity contribution is 7.89. The number of nitrogens with zero attached hydrogens (tertiary/aromatic N) is 2. The Labute approximate surface area is 164 Å². The van der Waals surface area contributed by atoms with Crippen LogP contribution in [0.2, 0.25) is 0 Å². The molecule has 2 N–H and O–H groups in total. The van der Waals surface area contributed by atoms with Crippen LogP contribution in [0, 0.1) is 5.92 Å². The molecule has 28 heavy (non-hydrogen) atoms. The van der Waals surface area contributed by atoms with Crippen LogP contribution in [-0.2, 0) is 19.6 Å². The Hall–Kier alpha value is -2.78. The molecule has 2 aromatic rings. The number of sulfonamides is 1. The Morgan fingerprint density at radius 1 is 1.04 bits per heavy atom. The number of nitrogens with one attached hydrogen (secondary N) is 2. The lowest BCUT2D eigenvalue weighted by molar-refractivity contribution is -0.136. The number of carbonyl (C=O) groups excluding carboxylic acids is 2. The summed E-state index contributed by atoms with van der Waals surface area (Å²) in [6, 6.07) is 11.9. The van der Waals surface area contributed by atoms with E-state index in [1.165, 1.54) is 22.8 Å². The molecule has 9 heteroatoms. The van der Waals surface area contributed by atoms with E-state index in [2.05, 4.69) is 15.6 Å². The third-order valence-electron chi connectivity index (χ3n) is 4.63. The fourth-order valence-electron chi connectivity index (χ4n) is 3.03. The standard InChI is InChI=1S/C19H22N4O4S/c24-18(19(25)22-16-5-2-1-3-6-16)21-13-15-8-11-23(12-9-15)28(26,27)17-7-4-10-20-14-17/h1-7,10,14-15H,8-9,11-13H2,(H,21,24)(H,22,25). The smallest absolute Gasteiger partial charge is 0.313 e. The van der Waals surface area contributed by atoms with Crippen molar-refractivity contribution in [1.29, 1.82) is 0 Å². The predicted molar refractivity (Wildman–Crippen MR) is 104 cm³/mol. The Balaban J connectivity index is 1.45. The number of rotatable bonds is 5. The molecule has 1 saturated heterocycles. The molecule has 1 aliphatic heterocycles. The van der Waals surface area contributed by atoms with Gasteiger partial charge in [0.15, 0.2) is 0 Å². The highest BCUT2D eigenvalue weighted by Crippen LogP contribution is 2.23. The van der Waals surface area contributed by atoms with E-state index in [1.807, 2.05) is 6.07 Å². The van der Waals surface area contributed by atoms with E-state index in [4.69, 9.17) is 0 Å². The summed E-state index contributed by atoms with van der Waals surface area (Å²) in [6.45, 7) is 1.07. The molecule has 0 atom stereocenters. The monoisotopic (exact) mass is 402 g/mol. The van der Waals surface area contributed by atoms with Gasteiger partial charge in [0.1, 0.15) is 4.90 Å². The molecule has 3 rings (SSSR count). The van der Waals surface area contributed by atoms with Crippen LogP contribution in [0.15, 0.2) is 59.8 Å². The lowest BCUT2D eigenvalue weighted by atomic mass is 9.98. The molecule has 8 nitrogen and oxygen atoms in total. The molecule has 2 heterocycles. The molecule has 148 valence electrons. The topological polar surface area (TPSA) is 108 Å². The molecule has 0 unspecified atom stereocenters. The summed E-state index contributed by atoms with van der Waals surface area (Å²) < 4.78 is 26.6. The average molecular weight is 402 g/mol. The van der Waals surface area contributed by atoms with E-state index in [0.717, 1.165) is 0 Å². The lowest BCUT2D eigenvalue weighted by Crippen LogP contribution is -2.43. The largest absolute Gasteiger partial charge is 0.348 e. The molecular weight excluding hydrogens is 380 g/mol. The summed E-state index contributed by atoms with van der Waals surface area (Å²) in [5.74, 6) is -1.30. The van der Waals surface area contributed by atoms with Gasteiger partial charge in [0.05, 0.1) is 0 Å². The molecule has 0 radical (unpaired) electrons. The first-order chi connectivity index (χ1) is 13.5. The van der Waals surface area contributed by atoms with Gasteiger partial charge in [-0.05, 0) is 43.0 Å². The molecule has 0 saturated carbocycles. The maximum atomic E-state index is 12.6. The zero-order chi connectivity index (χ0) is 20.0. The maximum absolute atomic E-state index is 12.6. The minimum absolute atomic E-state index is 0.119. The average Bonchev–Trinajstić information content (AvgIpc) is 2.73. The van der Waals surface area contributed by atoms with E-state index in [-0.39, 0.29) is 10.8 Å². The molecule has 0 bridgehead atoms. The number of pyridine rings is 1. The second kappa shape index (κ2) is 8.94. The van der Waals surface area contributed by atoms with Crippen LogP contribution in [0.1, 0.15) is 12.8 Å². The summed E-state index contributed by atoms with van der Waals surface area (Å²) >= 11 is 0. The fraction of sp³-hybridized carbons (Fsp3) is 0.316. The van der Waals surface area contributed by atoms with Crippen LogP contribution in [0.4, 0.5) is 5.69 Å². The number of anilines is 1. The van der Waals surface area contributed by atoms with E-state index >= 15 is 0 Å². The summed E-state index contributed by atoms with van der Waals surface area (Å²) in [4.78, 5) is 27.9. The van der Waals surface area contributed by atoms with Gasteiger partial charge in [-0.2, -0.15) is 4.31 Å². The van der Waals surface area contributed by atoms with Crippen molar-refractivity contribution in [3.63, 3.8) is 0 Å². The van der Waals surface area contributed by atoms with Crippen molar-refractivity contribution in [2.75, 3.05) is 25.0 Å². The lowest BCUT2D eigenvalue weighted by Gasteiger charge is -2.31. The Morgan fingerprint density at radius 2 is 1.75 bits per heavy atom. The first-order valence-electron chi connectivity index (χ1n) is 9.01. The van der Waals surface area contributed by atoms with Gasteiger partial charge in [-0.1, -0.05) is 18.2 Å². The fourth-order valence-corrected chi connectivity index (χ4v) is 4.46. The van der Waals surface area contributed by atoms with Gasteiger partial charge in [-0.15, -0.1) is 0 Å². The van der Waals surface area contributed by atoms with Crippen molar-refractivity contribution < 1.29 is 18.0 Å². The number of piperidine rings is 1. The van der Waals surface area contributed by atoms with Crippen LogP contribution in [0.5, 0.6) is 0 Å². The quantitative estimate of drug-likeness (QED) is 0.732. The summed E-state index contributed by atoms with van der Waals surface area (Å²) in [7, 11) is -3.55. The molecule has 0 aliphatic carbocycles. The Morgan fingerprint density at radius 3 is 2.39 bits per heavy atom. The normalized spacial score (nSPS) is 15.7. The zero-order valence-electron chi connectivity index (χ0n) is 15.2. The van der Waals surface area contributed by atoms with Crippen molar-refractivity contribution in [1.82, 2.24) is 14.6 Å². The molecule has 1 aromatic heterocycles. The second-order valence-electron chi connectivity index (χ2n) is 6.57. The van der Waals surface area contributed by atoms with Gasteiger partial charge in [0.2, 0.25) is 10.0 Å². The molecule has 0 spiro atoms. The van der Waals surface area contributed by atoms with Crippen molar-refractivity contribution >= 4 is 27.5 Å². The molecule has 1 aliphatic rings. The third kappa shape index (κ3) is 4.93. The molecule has 1 aromatic carbocycles. The van der Waals surface area contributed by atoms with E-state index in [1.54, 1.807) is 30.3 Å². The van der Waals surface area contributed by atoms with Crippen molar-refractivity contribution in [2.45, 2.75) is 17.7 Å². The number of hydrogen-bond acceptors (Lipinski definition) is 5. The number of aromatic nitrogens is 1. The number of carbonyl (C=O) groups is 2. The van der Waals surface area contributed by atoms with Crippen LogP contribution in [0.3, 0.4) is 0 Å². The number of benzene rings is 1. The van der Waals surface area contributed by atoms with Gasteiger partial charge >= 0.3 is 11.8 Å². The number of amides is 2. The van der Waals surface area contributed by atoms with Crippen LogP contribution < -0.4 is 10.6 Å². The number of para-hydroxylation sites is 1. The highest BCUT2D eigenvalue weighted by atomic mass is 32.2. The minimum atomic E-state index is -3.55. The summed E-state index contributed by atoms with van der Waals surface area (Å²) in [5, 5.41) is 5.16. The van der Waals surface area contributed by atoms with Crippen molar-refractivity contribution in [3.8, 4) is 0 Å². The SMILES string of the molecule is O=C(NCC1CCN(S(=O)(=O)c2cccnc2)CC1)C(=O)Nc1ccccc1. The van der Waals surface area contributed by atoms with E-state index in [0.29, 0.717) is 38.2 Å².